The van der Waals surface area contributed by atoms with E-state index >= 15 is 0 Å². The number of hydrogen-bond donors (Lipinski definition) is 1. The first kappa shape index (κ1) is 12.8. The number of aliphatic hydroxyl groups is 1. The Bertz CT molecular complexity index is 510. The van der Waals surface area contributed by atoms with Crippen LogP contribution in [0.25, 0.3) is 0 Å². The molecule has 4 heteroatoms. The lowest BCUT2D eigenvalue weighted by Gasteiger charge is -2.13. The normalized spacial score (nSPS) is 12.6. The summed E-state index contributed by atoms with van der Waals surface area (Å²) < 4.78 is 15.4. The van der Waals surface area contributed by atoms with E-state index in [-0.39, 0.29) is 12.2 Å². The predicted octanol–water partition coefficient (Wildman–Crippen LogP) is 2.71. The van der Waals surface area contributed by atoms with Crippen molar-refractivity contribution in [3.63, 3.8) is 0 Å². The van der Waals surface area contributed by atoms with Crippen LogP contribution in [0.3, 0.4) is 0 Å². The van der Waals surface area contributed by atoms with Crippen molar-refractivity contribution in [1.82, 2.24) is 9.55 Å². The lowest BCUT2D eigenvalue weighted by molar-refractivity contribution is 0.162. The molecule has 0 aliphatic carbocycles. The van der Waals surface area contributed by atoms with Gasteiger partial charge in [0.05, 0.1) is 0 Å². The third-order valence-electron chi connectivity index (χ3n) is 2.88. The van der Waals surface area contributed by atoms with E-state index in [9.17, 15) is 9.50 Å². The summed E-state index contributed by atoms with van der Waals surface area (Å²) in [6.45, 7) is 2.87. The monoisotopic (exact) mass is 248 g/mol. The fourth-order valence-electron chi connectivity index (χ4n) is 2.01. The zero-order valence-corrected chi connectivity index (χ0v) is 10.4. The van der Waals surface area contributed by atoms with Crippen LogP contribution in [0.15, 0.2) is 36.7 Å². The Morgan fingerprint density at radius 3 is 2.89 bits per heavy atom. The molecule has 0 spiro atoms. The number of aromatic nitrogens is 2. The van der Waals surface area contributed by atoms with Crippen LogP contribution in [-0.4, -0.2) is 14.7 Å². The molecule has 2 rings (SSSR count). The number of nitrogens with zero attached hydrogens (tertiary/aromatic N) is 2. The van der Waals surface area contributed by atoms with Crippen LogP contribution in [0.4, 0.5) is 4.39 Å². The Balaban J connectivity index is 2.14. The van der Waals surface area contributed by atoms with Crippen molar-refractivity contribution in [2.24, 2.45) is 0 Å². The third-order valence-corrected chi connectivity index (χ3v) is 2.88. The number of benzene rings is 1. The van der Waals surface area contributed by atoms with Gasteiger partial charge in [0.15, 0.2) is 0 Å². The lowest BCUT2D eigenvalue weighted by Crippen LogP contribution is -2.11. The van der Waals surface area contributed by atoms with Crippen LogP contribution in [0.2, 0.25) is 0 Å². The molecule has 3 nitrogen and oxygen atoms in total. The summed E-state index contributed by atoms with van der Waals surface area (Å²) in [6, 6.07) is 6.50. The summed E-state index contributed by atoms with van der Waals surface area (Å²) in [6.07, 6.45) is 3.94. The zero-order valence-electron chi connectivity index (χ0n) is 10.4. The molecule has 1 atom stereocenters. The van der Waals surface area contributed by atoms with Crippen LogP contribution in [-0.2, 0) is 13.0 Å². The highest BCUT2D eigenvalue weighted by atomic mass is 19.1. The van der Waals surface area contributed by atoms with Gasteiger partial charge in [-0.3, -0.25) is 0 Å². The molecule has 0 aliphatic rings. The summed E-state index contributed by atoms with van der Waals surface area (Å²) in [5, 5.41) is 10.1. The van der Waals surface area contributed by atoms with Crippen molar-refractivity contribution in [2.75, 3.05) is 0 Å². The second kappa shape index (κ2) is 5.78. The first-order valence-electron chi connectivity index (χ1n) is 6.15. The van der Waals surface area contributed by atoms with E-state index in [4.69, 9.17) is 0 Å². The molecule has 0 saturated carbocycles. The molecule has 0 radical (unpaired) electrons. The Morgan fingerprint density at radius 2 is 2.17 bits per heavy atom. The smallest absolute Gasteiger partial charge is 0.137 e. The highest BCUT2D eigenvalue weighted by Gasteiger charge is 2.15. The SMILES string of the molecule is CCCn1ccnc1C(O)Cc1ccccc1F. The van der Waals surface area contributed by atoms with E-state index in [1.54, 1.807) is 24.4 Å². The van der Waals surface area contributed by atoms with Crippen LogP contribution >= 0.6 is 0 Å². The van der Waals surface area contributed by atoms with Gasteiger partial charge < -0.3 is 9.67 Å². The number of aryl methyl sites for hydroxylation is 1. The minimum Gasteiger partial charge on any atom is -0.385 e. The molecule has 1 aromatic carbocycles. The van der Waals surface area contributed by atoms with E-state index < -0.39 is 6.10 Å². The maximum atomic E-state index is 13.5. The molecule has 1 unspecified atom stereocenters. The molecule has 0 saturated heterocycles. The van der Waals surface area contributed by atoms with Crippen molar-refractivity contribution < 1.29 is 9.50 Å². The summed E-state index contributed by atoms with van der Waals surface area (Å²) in [7, 11) is 0. The molecular formula is C14H17FN2O. The van der Waals surface area contributed by atoms with Gasteiger partial charge in [0.1, 0.15) is 17.7 Å². The average molecular weight is 248 g/mol. The fraction of sp³-hybridized carbons (Fsp3) is 0.357. The van der Waals surface area contributed by atoms with E-state index in [0.717, 1.165) is 13.0 Å². The minimum absolute atomic E-state index is 0.243. The maximum absolute atomic E-state index is 13.5. The third kappa shape index (κ3) is 2.76. The van der Waals surface area contributed by atoms with E-state index in [0.29, 0.717) is 11.4 Å². The number of hydrogen-bond acceptors (Lipinski definition) is 2. The lowest BCUT2D eigenvalue weighted by atomic mass is 10.1. The molecule has 18 heavy (non-hydrogen) atoms. The summed E-state index contributed by atoms with van der Waals surface area (Å²) >= 11 is 0. The Morgan fingerprint density at radius 1 is 1.39 bits per heavy atom. The van der Waals surface area contributed by atoms with Gasteiger partial charge in [0.25, 0.3) is 0 Å². The average Bonchev–Trinajstić information content (AvgIpc) is 2.81. The van der Waals surface area contributed by atoms with Crippen molar-refractivity contribution in [2.45, 2.75) is 32.4 Å². The first-order valence-corrected chi connectivity index (χ1v) is 6.15. The van der Waals surface area contributed by atoms with Gasteiger partial charge in [-0.2, -0.15) is 0 Å². The number of rotatable bonds is 5. The molecule has 1 N–H and O–H groups in total. The van der Waals surface area contributed by atoms with Gasteiger partial charge in [-0.25, -0.2) is 9.37 Å². The van der Waals surface area contributed by atoms with E-state index in [1.165, 1.54) is 6.07 Å². The Kier molecular flexibility index (Phi) is 4.10. The van der Waals surface area contributed by atoms with E-state index in [1.807, 2.05) is 10.8 Å². The molecule has 96 valence electrons. The Labute approximate surface area is 106 Å². The Hall–Kier alpha value is -1.68. The molecule has 0 fully saturated rings. The second-order valence-corrected chi connectivity index (χ2v) is 4.29. The largest absolute Gasteiger partial charge is 0.385 e. The summed E-state index contributed by atoms with van der Waals surface area (Å²) in [5.41, 5.74) is 0.510. The molecule has 0 aliphatic heterocycles. The van der Waals surface area contributed by atoms with Gasteiger partial charge in [0, 0.05) is 25.4 Å². The van der Waals surface area contributed by atoms with Crippen LogP contribution in [0.5, 0.6) is 0 Å². The standard InChI is InChI=1S/C14H17FN2O/c1-2-8-17-9-7-16-14(17)13(18)10-11-5-3-4-6-12(11)15/h3-7,9,13,18H,2,8,10H2,1H3. The van der Waals surface area contributed by atoms with Crippen molar-refractivity contribution in [1.29, 1.82) is 0 Å². The minimum atomic E-state index is -0.775. The highest BCUT2D eigenvalue weighted by Crippen LogP contribution is 2.19. The van der Waals surface area contributed by atoms with Crippen molar-refractivity contribution in [3.8, 4) is 0 Å². The molecule has 0 amide bonds. The molecule has 1 heterocycles. The van der Waals surface area contributed by atoms with Gasteiger partial charge in [-0.05, 0) is 18.1 Å². The topological polar surface area (TPSA) is 38.0 Å². The van der Waals surface area contributed by atoms with Crippen molar-refractivity contribution in [3.05, 3.63) is 53.9 Å². The quantitative estimate of drug-likeness (QED) is 0.883. The van der Waals surface area contributed by atoms with Gasteiger partial charge in [-0.15, -0.1) is 0 Å². The first-order chi connectivity index (χ1) is 8.72. The number of imidazole rings is 1. The predicted molar refractivity (Wildman–Crippen MR) is 67.6 cm³/mol. The van der Waals surface area contributed by atoms with Gasteiger partial charge in [0.2, 0.25) is 0 Å². The molecule has 2 aromatic rings. The molecular weight excluding hydrogens is 231 g/mol. The number of halogens is 1. The fourth-order valence-corrected chi connectivity index (χ4v) is 2.01. The van der Waals surface area contributed by atoms with Crippen LogP contribution in [0.1, 0.15) is 30.8 Å². The van der Waals surface area contributed by atoms with Crippen LogP contribution < -0.4 is 0 Å². The number of aliphatic hydroxyl groups excluding tert-OH is 1. The second-order valence-electron chi connectivity index (χ2n) is 4.29. The maximum Gasteiger partial charge on any atom is 0.137 e. The summed E-state index contributed by atoms with van der Waals surface area (Å²) in [5.74, 6) is 0.310. The zero-order chi connectivity index (χ0) is 13.0. The summed E-state index contributed by atoms with van der Waals surface area (Å²) in [4.78, 5) is 4.15. The van der Waals surface area contributed by atoms with E-state index in [2.05, 4.69) is 11.9 Å². The van der Waals surface area contributed by atoms with Crippen molar-refractivity contribution >= 4 is 0 Å². The molecule has 1 aromatic heterocycles. The van der Waals surface area contributed by atoms with Gasteiger partial charge >= 0.3 is 0 Å². The molecule has 0 bridgehead atoms. The highest BCUT2D eigenvalue weighted by molar-refractivity contribution is 5.19. The van der Waals surface area contributed by atoms with Crippen LogP contribution in [0, 0.1) is 5.82 Å². The van der Waals surface area contributed by atoms with Gasteiger partial charge in [-0.1, -0.05) is 25.1 Å².